The molecule has 0 saturated heterocycles. The molecule has 37 heavy (non-hydrogen) atoms. The topological polar surface area (TPSA) is 108 Å². The van der Waals surface area contributed by atoms with Gasteiger partial charge < -0.3 is 25.2 Å². The summed E-state index contributed by atoms with van der Waals surface area (Å²) in [6.45, 7) is 6.08. The highest BCUT2D eigenvalue weighted by Gasteiger charge is 2.52. The molecule has 0 radical (unpaired) electrons. The molecular formula is C26H29F3N4O4. The van der Waals surface area contributed by atoms with Crippen LogP contribution in [0.5, 0.6) is 5.75 Å². The zero-order valence-corrected chi connectivity index (χ0v) is 21.4. The number of anilines is 2. The fourth-order valence-electron chi connectivity index (χ4n) is 4.35. The number of aliphatic hydroxyl groups excluding tert-OH is 1. The Bertz CT molecular complexity index is 1390. The van der Waals surface area contributed by atoms with Crippen molar-refractivity contribution < 1.29 is 32.9 Å². The second kappa shape index (κ2) is 8.84. The number of carbonyl (C=O) groups excluding carboxylic acids is 1. The van der Waals surface area contributed by atoms with Crippen LogP contribution in [0.3, 0.4) is 0 Å². The quantitative estimate of drug-likeness (QED) is 0.449. The monoisotopic (exact) mass is 518 g/mol. The maximum Gasteiger partial charge on any atom is 0.306 e. The number of aromatic nitrogens is 2. The van der Waals surface area contributed by atoms with Crippen LogP contribution in [0.15, 0.2) is 30.3 Å². The number of likely N-dealkylation sites (N-methyl/N-ethyl adjacent to an activating group) is 1. The maximum absolute atomic E-state index is 15.4. The third-order valence-corrected chi connectivity index (χ3v) is 6.61. The first-order valence-corrected chi connectivity index (χ1v) is 11.7. The predicted octanol–water partition coefficient (Wildman–Crippen LogP) is 4.22. The van der Waals surface area contributed by atoms with Gasteiger partial charge in [-0.3, -0.25) is 4.79 Å². The summed E-state index contributed by atoms with van der Waals surface area (Å²) >= 11 is 0. The van der Waals surface area contributed by atoms with Crippen molar-refractivity contribution >= 4 is 28.3 Å². The lowest BCUT2D eigenvalue weighted by molar-refractivity contribution is -0.197. The van der Waals surface area contributed by atoms with Crippen molar-refractivity contribution in [1.82, 2.24) is 9.97 Å². The number of benzene rings is 2. The van der Waals surface area contributed by atoms with Crippen molar-refractivity contribution in [3.05, 3.63) is 53.1 Å². The zero-order chi connectivity index (χ0) is 27.5. The minimum Gasteiger partial charge on any atom is -0.476 e. The lowest BCUT2D eigenvalue weighted by Gasteiger charge is -2.37. The van der Waals surface area contributed by atoms with Gasteiger partial charge in [0.05, 0.1) is 29.4 Å². The first kappa shape index (κ1) is 26.6. The van der Waals surface area contributed by atoms with E-state index in [1.54, 1.807) is 46.9 Å². The van der Waals surface area contributed by atoms with Crippen molar-refractivity contribution in [2.24, 2.45) is 0 Å². The fraction of sp³-hybridized carbons (Fsp3) is 0.423. The van der Waals surface area contributed by atoms with Gasteiger partial charge in [-0.05, 0) is 46.8 Å². The van der Waals surface area contributed by atoms with Crippen molar-refractivity contribution in [3.8, 4) is 5.75 Å². The highest BCUT2D eigenvalue weighted by atomic mass is 19.3. The number of nitrogens with one attached hydrogen (secondary N) is 1. The number of alkyl halides is 2. The lowest BCUT2D eigenvalue weighted by atomic mass is 9.90. The van der Waals surface area contributed by atoms with Gasteiger partial charge in [0, 0.05) is 24.1 Å². The Hall–Kier alpha value is -3.44. The van der Waals surface area contributed by atoms with E-state index in [0.29, 0.717) is 34.0 Å². The molecule has 2 aromatic carbocycles. The van der Waals surface area contributed by atoms with Gasteiger partial charge in [0.1, 0.15) is 23.2 Å². The fourth-order valence-corrected chi connectivity index (χ4v) is 4.35. The second-order valence-corrected chi connectivity index (χ2v) is 10.0. The van der Waals surface area contributed by atoms with Crippen molar-refractivity contribution in [1.29, 1.82) is 0 Å². The van der Waals surface area contributed by atoms with E-state index in [4.69, 9.17) is 4.74 Å². The minimum atomic E-state index is -4.05. The summed E-state index contributed by atoms with van der Waals surface area (Å²) in [4.78, 5) is 23.1. The molecule has 11 heteroatoms. The smallest absolute Gasteiger partial charge is 0.306 e. The van der Waals surface area contributed by atoms with E-state index in [9.17, 15) is 23.8 Å². The van der Waals surface area contributed by atoms with Gasteiger partial charge in [0.15, 0.2) is 11.2 Å². The standard InChI is InChI=1S/C26H29F3N4O4/c1-13(15-8-7-9-17(21(15)27)26(28,29)25(5,36)12-34)30-22-16-10-19-20(11-18(16)31-14(2)32-22)37-24(3,4)23(35)33(19)6/h7-11,13,34,36H,12H2,1-6H3,(H,30,31,32)/t13-,25-/m1/s1. The molecule has 3 N–H and O–H groups in total. The van der Waals surface area contributed by atoms with E-state index in [1.807, 2.05) is 0 Å². The van der Waals surface area contributed by atoms with Gasteiger partial charge in [-0.2, -0.15) is 8.78 Å². The summed E-state index contributed by atoms with van der Waals surface area (Å²) in [5.74, 6) is -4.33. The Kier molecular flexibility index (Phi) is 6.36. The third-order valence-electron chi connectivity index (χ3n) is 6.61. The predicted molar refractivity (Wildman–Crippen MR) is 132 cm³/mol. The molecule has 0 spiro atoms. The molecule has 2 atom stereocenters. The van der Waals surface area contributed by atoms with E-state index in [0.717, 1.165) is 13.0 Å². The first-order valence-electron chi connectivity index (χ1n) is 11.7. The van der Waals surface area contributed by atoms with Crippen molar-refractivity contribution in [2.75, 3.05) is 23.9 Å². The number of halogens is 3. The molecule has 198 valence electrons. The summed E-state index contributed by atoms with van der Waals surface area (Å²) in [6.07, 6.45) is 0. The molecule has 1 aromatic heterocycles. The van der Waals surface area contributed by atoms with Crippen LogP contribution < -0.4 is 15.0 Å². The summed E-state index contributed by atoms with van der Waals surface area (Å²) in [6, 6.07) is 6.02. The van der Waals surface area contributed by atoms with Crippen LogP contribution in [0.1, 0.15) is 50.7 Å². The molecule has 1 aliphatic heterocycles. The normalized spacial score (nSPS) is 17.7. The van der Waals surface area contributed by atoms with Gasteiger partial charge >= 0.3 is 5.92 Å². The molecule has 0 aliphatic carbocycles. The summed E-state index contributed by atoms with van der Waals surface area (Å²) in [7, 11) is 1.63. The molecule has 2 heterocycles. The Morgan fingerprint density at radius 2 is 1.92 bits per heavy atom. The first-order chi connectivity index (χ1) is 17.1. The Labute approximate surface area is 212 Å². The zero-order valence-electron chi connectivity index (χ0n) is 21.4. The highest BCUT2D eigenvalue weighted by molar-refractivity contribution is 6.05. The van der Waals surface area contributed by atoms with E-state index < -0.39 is 41.2 Å². The number of aryl methyl sites for hydroxylation is 1. The van der Waals surface area contributed by atoms with E-state index in [2.05, 4.69) is 15.3 Å². The minimum absolute atomic E-state index is 0.0920. The summed E-state index contributed by atoms with van der Waals surface area (Å²) < 4.78 is 51.0. The summed E-state index contributed by atoms with van der Waals surface area (Å²) in [5, 5.41) is 22.8. The van der Waals surface area contributed by atoms with E-state index in [1.165, 1.54) is 17.0 Å². The van der Waals surface area contributed by atoms with Crippen LogP contribution in [0.4, 0.5) is 24.7 Å². The SMILES string of the molecule is Cc1nc(N[C@H](C)c2cccc(C(F)(F)[C@](C)(O)CO)c2F)c2cc3c(cc2n1)OC(C)(C)C(=O)N3C. The number of nitrogens with zero attached hydrogens (tertiary/aromatic N) is 3. The highest BCUT2D eigenvalue weighted by Crippen LogP contribution is 2.43. The maximum atomic E-state index is 15.4. The van der Waals surface area contributed by atoms with Gasteiger partial charge in [0.2, 0.25) is 0 Å². The van der Waals surface area contributed by atoms with Crippen molar-refractivity contribution in [2.45, 2.75) is 57.8 Å². The number of amides is 1. The Balaban J connectivity index is 1.77. The van der Waals surface area contributed by atoms with Crippen LogP contribution >= 0.6 is 0 Å². The number of carbonyl (C=O) groups is 1. The number of fused-ring (bicyclic) bond motifs is 2. The molecule has 0 bridgehead atoms. The molecule has 1 amide bonds. The molecule has 0 unspecified atom stereocenters. The lowest BCUT2D eigenvalue weighted by Crippen LogP contribution is -2.50. The van der Waals surface area contributed by atoms with Gasteiger partial charge in [-0.25, -0.2) is 14.4 Å². The van der Waals surface area contributed by atoms with Crippen LogP contribution in [0.2, 0.25) is 0 Å². The molecular weight excluding hydrogens is 489 g/mol. The molecule has 1 aliphatic rings. The number of aliphatic hydroxyl groups is 2. The summed E-state index contributed by atoms with van der Waals surface area (Å²) in [5.41, 5.74) is -4.03. The van der Waals surface area contributed by atoms with Crippen LogP contribution in [0.25, 0.3) is 10.9 Å². The van der Waals surface area contributed by atoms with Crippen molar-refractivity contribution in [3.63, 3.8) is 0 Å². The molecule has 0 saturated carbocycles. The van der Waals surface area contributed by atoms with E-state index >= 15 is 4.39 Å². The number of rotatable bonds is 6. The molecule has 0 fully saturated rings. The van der Waals surface area contributed by atoms with Gasteiger partial charge in [-0.1, -0.05) is 12.1 Å². The van der Waals surface area contributed by atoms with Crippen LogP contribution in [-0.2, 0) is 10.7 Å². The third kappa shape index (κ3) is 4.36. The average Bonchev–Trinajstić information content (AvgIpc) is 2.81. The van der Waals surface area contributed by atoms with E-state index in [-0.39, 0.29) is 11.5 Å². The number of hydrogen-bond donors (Lipinski definition) is 3. The number of hydrogen-bond acceptors (Lipinski definition) is 7. The van der Waals surface area contributed by atoms with Crippen LogP contribution in [0, 0.1) is 12.7 Å². The molecule has 8 nitrogen and oxygen atoms in total. The molecule has 3 aromatic rings. The Morgan fingerprint density at radius 1 is 1.24 bits per heavy atom. The number of ether oxygens (including phenoxy) is 1. The Morgan fingerprint density at radius 3 is 2.57 bits per heavy atom. The largest absolute Gasteiger partial charge is 0.476 e. The van der Waals surface area contributed by atoms with Crippen LogP contribution in [-0.4, -0.2) is 50.9 Å². The average molecular weight is 519 g/mol. The second-order valence-electron chi connectivity index (χ2n) is 10.0. The molecule has 4 rings (SSSR count). The van der Waals surface area contributed by atoms with Gasteiger partial charge in [-0.15, -0.1) is 0 Å². The van der Waals surface area contributed by atoms with Gasteiger partial charge in [0.25, 0.3) is 5.91 Å².